The standard InChI is InChI=1S/C10H14ClN/c1-12(9-11)8-7-10-5-3-2-4-6-10/h2-6H,7-9H2,1H3. The van der Waals surface area contributed by atoms with E-state index >= 15 is 0 Å². The third kappa shape index (κ3) is 3.24. The van der Waals surface area contributed by atoms with Crippen LogP contribution in [-0.4, -0.2) is 24.5 Å². The molecule has 2 heteroatoms. The van der Waals surface area contributed by atoms with Crippen molar-refractivity contribution >= 4 is 11.6 Å². The van der Waals surface area contributed by atoms with Crippen molar-refractivity contribution in [3.05, 3.63) is 35.9 Å². The highest BCUT2D eigenvalue weighted by molar-refractivity contribution is 6.17. The topological polar surface area (TPSA) is 3.24 Å². The van der Waals surface area contributed by atoms with Crippen LogP contribution in [0.5, 0.6) is 0 Å². The Morgan fingerprint density at radius 1 is 1.25 bits per heavy atom. The summed E-state index contributed by atoms with van der Waals surface area (Å²) < 4.78 is 0. The normalized spacial score (nSPS) is 10.6. The molecule has 66 valence electrons. The van der Waals surface area contributed by atoms with Gasteiger partial charge >= 0.3 is 0 Å². The van der Waals surface area contributed by atoms with Crippen LogP contribution < -0.4 is 0 Å². The van der Waals surface area contributed by atoms with Gasteiger partial charge in [0.15, 0.2) is 0 Å². The molecule has 0 saturated heterocycles. The van der Waals surface area contributed by atoms with Gasteiger partial charge in [0.05, 0.1) is 6.00 Å². The zero-order valence-corrected chi connectivity index (χ0v) is 8.09. The SMILES string of the molecule is CN(CCl)CCc1ccccc1. The summed E-state index contributed by atoms with van der Waals surface area (Å²) in [7, 11) is 2.02. The van der Waals surface area contributed by atoms with Crippen LogP contribution in [-0.2, 0) is 6.42 Å². The van der Waals surface area contributed by atoms with Crippen molar-refractivity contribution in [2.24, 2.45) is 0 Å². The average Bonchev–Trinajstić information content (AvgIpc) is 2.16. The van der Waals surface area contributed by atoms with E-state index in [9.17, 15) is 0 Å². The van der Waals surface area contributed by atoms with Crippen molar-refractivity contribution in [1.82, 2.24) is 4.90 Å². The Kier molecular flexibility index (Phi) is 4.12. The number of benzene rings is 1. The number of rotatable bonds is 4. The van der Waals surface area contributed by atoms with Crippen LogP contribution in [0.4, 0.5) is 0 Å². The Labute approximate surface area is 79.0 Å². The highest BCUT2D eigenvalue weighted by Gasteiger charge is 1.95. The summed E-state index contributed by atoms with van der Waals surface area (Å²) in [5, 5.41) is 0. The first-order chi connectivity index (χ1) is 5.83. The Balaban J connectivity index is 2.33. The second-order valence-corrected chi connectivity index (χ2v) is 3.17. The van der Waals surface area contributed by atoms with Crippen molar-refractivity contribution in [3.8, 4) is 0 Å². The molecule has 1 aromatic rings. The van der Waals surface area contributed by atoms with E-state index in [4.69, 9.17) is 11.6 Å². The number of likely N-dealkylation sites (N-methyl/N-ethyl adjacent to an activating group) is 1. The molecule has 0 N–H and O–H groups in total. The van der Waals surface area contributed by atoms with Crippen molar-refractivity contribution in [3.63, 3.8) is 0 Å². The van der Waals surface area contributed by atoms with E-state index in [0.717, 1.165) is 13.0 Å². The van der Waals surface area contributed by atoms with Crippen molar-refractivity contribution < 1.29 is 0 Å². The first kappa shape index (κ1) is 9.56. The quantitative estimate of drug-likeness (QED) is 0.512. The van der Waals surface area contributed by atoms with Gasteiger partial charge in [-0.05, 0) is 19.0 Å². The van der Waals surface area contributed by atoms with E-state index in [1.807, 2.05) is 13.1 Å². The molecule has 1 aromatic carbocycles. The third-order valence-electron chi connectivity index (χ3n) is 1.83. The largest absolute Gasteiger partial charge is 0.293 e. The first-order valence-electron chi connectivity index (χ1n) is 4.11. The van der Waals surface area contributed by atoms with Crippen LogP contribution in [0.1, 0.15) is 5.56 Å². The minimum absolute atomic E-state index is 0.604. The molecule has 0 aliphatic heterocycles. The average molecular weight is 184 g/mol. The summed E-state index contributed by atoms with van der Waals surface area (Å²) in [6.07, 6.45) is 1.07. The molecule has 0 atom stereocenters. The molecule has 0 heterocycles. The van der Waals surface area contributed by atoms with Gasteiger partial charge in [0.2, 0.25) is 0 Å². The van der Waals surface area contributed by atoms with Gasteiger partial charge in [0, 0.05) is 6.54 Å². The summed E-state index contributed by atoms with van der Waals surface area (Å²) in [6, 6.07) is 11.1. The highest BCUT2D eigenvalue weighted by atomic mass is 35.5. The molecule has 1 rings (SSSR count). The summed E-state index contributed by atoms with van der Waals surface area (Å²) in [5.74, 6) is 0. The molecule has 1 nitrogen and oxygen atoms in total. The van der Waals surface area contributed by atoms with E-state index < -0.39 is 0 Å². The Morgan fingerprint density at radius 2 is 1.92 bits per heavy atom. The van der Waals surface area contributed by atoms with E-state index in [-0.39, 0.29) is 0 Å². The summed E-state index contributed by atoms with van der Waals surface area (Å²) in [5.41, 5.74) is 1.37. The van der Waals surface area contributed by atoms with Gasteiger partial charge in [-0.25, -0.2) is 0 Å². The molecule has 0 amide bonds. The van der Waals surface area contributed by atoms with Crippen LogP contribution in [0.3, 0.4) is 0 Å². The number of hydrogen-bond donors (Lipinski definition) is 0. The van der Waals surface area contributed by atoms with Crippen molar-refractivity contribution in [1.29, 1.82) is 0 Å². The predicted octanol–water partition coefficient (Wildman–Crippen LogP) is 2.36. The van der Waals surface area contributed by atoms with Gasteiger partial charge in [0.1, 0.15) is 0 Å². The third-order valence-corrected chi connectivity index (χ3v) is 2.24. The Bertz CT molecular complexity index is 210. The number of hydrogen-bond acceptors (Lipinski definition) is 1. The van der Waals surface area contributed by atoms with Gasteiger partial charge in [-0.3, -0.25) is 4.90 Å². The molecule has 0 bridgehead atoms. The second-order valence-electron chi connectivity index (χ2n) is 2.93. The summed E-state index contributed by atoms with van der Waals surface area (Å²) >= 11 is 5.64. The molecule has 0 spiro atoms. The van der Waals surface area contributed by atoms with Gasteiger partial charge < -0.3 is 0 Å². The molecule has 0 aromatic heterocycles. The fraction of sp³-hybridized carbons (Fsp3) is 0.400. The van der Waals surface area contributed by atoms with Crippen molar-refractivity contribution in [2.45, 2.75) is 6.42 Å². The van der Waals surface area contributed by atoms with Crippen molar-refractivity contribution in [2.75, 3.05) is 19.6 Å². The maximum atomic E-state index is 5.64. The monoisotopic (exact) mass is 183 g/mol. The number of alkyl halides is 1. The van der Waals surface area contributed by atoms with Crippen LogP contribution in [0.25, 0.3) is 0 Å². The molecule has 0 aliphatic carbocycles. The molecule has 0 unspecified atom stereocenters. The lowest BCUT2D eigenvalue weighted by Gasteiger charge is -2.11. The molecular weight excluding hydrogens is 170 g/mol. The Morgan fingerprint density at radius 3 is 2.50 bits per heavy atom. The van der Waals surface area contributed by atoms with E-state index in [2.05, 4.69) is 29.2 Å². The lowest BCUT2D eigenvalue weighted by Crippen LogP contribution is -2.19. The van der Waals surface area contributed by atoms with Crippen LogP contribution in [0.2, 0.25) is 0 Å². The lowest BCUT2D eigenvalue weighted by atomic mass is 10.1. The minimum atomic E-state index is 0.604. The lowest BCUT2D eigenvalue weighted by molar-refractivity contribution is 0.394. The first-order valence-corrected chi connectivity index (χ1v) is 4.65. The van der Waals surface area contributed by atoms with Crippen LogP contribution in [0.15, 0.2) is 30.3 Å². The number of nitrogens with zero attached hydrogens (tertiary/aromatic N) is 1. The molecule has 0 saturated carbocycles. The molecule has 0 fully saturated rings. The van der Waals surface area contributed by atoms with Gasteiger partial charge in [0.25, 0.3) is 0 Å². The fourth-order valence-electron chi connectivity index (χ4n) is 1.02. The van der Waals surface area contributed by atoms with E-state index in [1.165, 1.54) is 5.56 Å². The van der Waals surface area contributed by atoms with E-state index in [1.54, 1.807) is 0 Å². The Hall–Kier alpha value is -0.530. The van der Waals surface area contributed by atoms with Gasteiger partial charge in [-0.1, -0.05) is 30.3 Å². The molecule has 0 radical (unpaired) electrons. The van der Waals surface area contributed by atoms with E-state index in [0.29, 0.717) is 6.00 Å². The zero-order valence-electron chi connectivity index (χ0n) is 7.33. The van der Waals surface area contributed by atoms with Gasteiger partial charge in [-0.15, -0.1) is 11.6 Å². The number of halogens is 1. The zero-order chi connectivity index (χ0) is 8.81. The van der Waals surface area contributed by atoms with Crippen LogP contribution in [0, 0.1) is 0 Å². The summed E-state index contributed by atoms with van der Waals surface area (Å²) in [4.78, 5) is 2.09. The second kappa shape index (κ2) is 5.18. The maximum absolute atomic E-state index is 5.64. The minimum Gasteiger partial charge on any atom is -0.293 e. The smallest absolute Gasteiger partial charge is 0.0736 e. The van der Waals surface area contributed by atoms with Gasteiger partial charge in [-0.2, -0.15) is 0 Å². The summed E-state index contributed by atoms with van der Waals surface area (Å²) in [6.45, 7) is 1.02. The molecule has 12 heavy (non-hydrogen) atoms. The maximum Gasteiger partial charge on any atom is 0.0736 e. The highest BCUT2D eigenvalue weighted by Crippen LogP contribution is 2.00. The molecular formula is C10H14ClN. The predicted molar refractivity (Wildman–Crippen MR) is 53.5 cm³/mol. The fourth-order valence-corrected chi connectivity index (χ4v) is 1.14. The molecule has 0 aliphatic rings. The van der Waals surface area contributed by atoms with Crippen LogP contribution >= 0.6 is 11.6 Å².